The zero-order valence-electron chi connectivity index (χ0n) is 10.00. The van der Waals surface area contributed by atoms with Gasteiger partial charge in [0.25, 0.3) is 0 Å². The van der Waals surface area contributed by atoms with E-state index in [1.54, 1.807) is 0 Å². The summed E-state index contributed by atoms with van der Waals surface area (Å²) in [5.74, 6) is -1.24. The second-order valence-corrected chi connectivity index (χ2v) is 5.17. The SMILES string of the molecule is O=C(Cc1cccc(Br)c1)Cc1cc(F)ccc1F. The molecule has 0 saturated heterocycles. The van der Waals surface area contributed by atoms with E-state index >= 15 is 0 Å². The minimum Gasteiger partial charge on any atom is -0.299 e. The van der Waals surface area contributed by atoms with Crippen LogP contribution in [0, 0.1) is 11.6 Å². The third-order valence-electron chi connectivity index (χ3n) is 2.69. The summed E-state index contributed by atoms with van der Waals surface area (Å²) in [6.45, 7) is 0. The van der Waals surface area contributed by atoms with Crippen LogP contribution in [0.5, 0.6) is 0 Å². The summed E-state index contributed by atoms with van der Waals surface area (Å²) >= 11 is 3.32. The van der Waals surface area contributed by atoms with E-state index < -0.39 is 11.6 Å². The van der Waals surface area contributed by atoms with Gasteiger partial charge in [-0.3, -0.25) is 4.79 Å². The Bertz CT molecular complexity index is 611. The second kappa shape index (κ2) is 6.06. The Morgan fingerprint density at radius 2 is 1.84 bits per heavy atom. The molecule has 0 fully saturated rings. The van der Waals surface area contributed by atoms with Gasteiger partial charge in [0.1, 0.15) is 17.4 Å². The van der Waals surface area contributed by atoms with Crippen LogP contribution in [0.15, 0.2) is 46.9 Å². The summed E-state index contributed by atoms with van der Waals surface area (Å²) < 4.78 is 27.3. The Morgan fingerprint density at radius 1 is 1.05 bits per heavy atom. The van der Waals surface area contributed by atoms with Crippen molar-refractivity contribution in [2.24, 2.45) is 0 Å². The Balaban J connectivity index is 2.07. The van der Waals surface area contributed by atoms with Crippen molar-refractivity contribution in [3.63, 3.8) is 0 Å². The van der Waals surface area contributed by atoms with E-state index in [-0.39, 0.29) is 24.2 Å². The number of halogens is 3. The predicted octanol–water partition coefficient (Wildman–Crippen LogP) is 4.08. The van der Waals surface area contributed by atoms with Gasteiger partial charge in [-0.1, -0.05) is 28.1 Å². The van der Waals surface area contributed by atoms with Gasteiger partial charge in [-0.25, -0.2) is 8.78 Å². The predicted molar refractivity (Wildman–Crippen MR) is 72.9 cm³/mol. The summed E-state index contributed by atoms with van der Waals surface area (Å²) in [5, 5.41) is 0. The highest BCUT2D eigenvalue weighted by Crippen LogP contribution is 2.15. The van der Waals surface area contributed by atoms with Crippen LogP contribution in [0.1, 0.15) is 11.1 Å². The number of carbonyl (C=O) groups is 1. The normalized spacial score (nSPS) is 10.5. The Hall–Kier alpha value is -1.55. The number of ketones is 1. The molecule has 0 heterocycles. The molecule has 0 spiro atoms. The molecule has 4 heteroatoms. The molecule has 0 saturated carbocycles. The molecule has 2 rings (SSSR count). The van der Waals surface area contributed by atoms with E-state index in [0.29, 0.717) is 0 Å². The third kappa shape index (κ3) is 3.96. The zero-order valence-corrected chi connectivity index (χ0v) is 11.6. The lowest BCUT2D eigenvalue weighted by Gasteiger charge is -2.04. The molecule has 0 amide bonds. The number of hydrogen-bond acceptors (Lipinski definition) is 1. The molecule has 0 radical (unpaired) electrons. The van der Waals surface area contributed by atoms with Crippen LogP contribution in [-0.2, 0) is 17.6 Å². The lowest BCUT2D eigenvalue weighted by atomic mass is 10.0. The largest absolute Gasteiger partial charge is 0.299 e. The van der Waals surface area contributed by atoms with Gasteiger partial charge in [0.15, 0.2) is 0 Å². The fourth-order valence-corrected chi connectivity index (χ4v) is 2.27. The fraction of sp³-hybridized carbons (Fsp3) is 0.133. The molecule has 1 nitrogen and oxygen atoms in total. The van der Waals surface area contributed by atoms with E-state index in [9.17, 15) is 13.6 Å². The Labute approximate surface area is 118 Å². The molecular weight excluding hydrogens is 314 g/mol. The first-order chi connectivity index (χ1) is 9.04. The molecule has 2 aromatic rings. The van der Waals surface area contributed by atoms with Crippen molar-refractivity contribution in [1.82, 2.24) is 0 Å². The number of hydrogen-bond donors (Lipinski definition) is 0. The number of carbonyl (C=O) groups excluding carboxylic acids is 1. The summed E-state index contributed by atoms with van der Waals surface area (Å²) in [5.41, 5.74) is 0.941. The van der Waals surface area contributed by atoms with E-state index in [1.165, 1.54) is 0 Å². The van der Waals surface area contributed by atoms with Crippen LogP contribution in [0.3, 0.4) is 0 Å². The zero-order chi connectivity index (χ0) is 13.8. The smallest absolute Gasteiger partial charge is 0.141 e. The van der Waals surface area contributed by atoms with Gasteiger partial charge in [0.2, 0.25) is 0 Å². The van der Waals surface area contributed by atoms with Crippen molar-refractivity contribution >= 4 is 21.7 Å². The fourth-order valence-electron chi connectivity index (χ4n) is 1.83. The molecule has 0 unspecified atom stereocenters. The van der Waals surface area contributed by atoms with E-state index in [2.05, 4.69) is 15.9 Å². The number of benzene rings is 2. The van der Waals surface area contributed by atoms with Crippen molar-refractivity contribution in [3.8, 4) is 0 Å². The topological polar surface area (TPSA) is 17.1 Å². The average Bonchev–Trinajstić information content (AvgIpc) is 2.34. The maximum absolute atomic E-state index is 13.4. The van der Waals surface area contributed by atoms with Gasteiger partial charge in [-0.15, -0.1) is 0 Å². The Morgan fingerprint density at radius 3 is 2.58 bits per heavy atom. The third-order valence-corrected chi connectivity index (χ3v) is 3.18. The van der Waals surface area contributed by atoms with Crippen molar-refractivity contribution < 1.29 is 13.6 Å². The van der Waals surface area contributed by atoms with Gasteiger partial charge in [-0.2, -0.15) is 0 Å². The van der Waals surface area contributed by atoms with E-state index in [0.717, 1.165) is 28.2 Å². The molecular formula is C15H11BrF2O. The van der Waals surface area contributed by atoms with Crippen LogP contribution in [0.4, 0.5) is 8.78 Å². The molecule has 0 aromatic heterocycles. The van der Waals surface area contributed by atoms with Crippen molar-refractivity contribution in [3.05, 3.63) is 69.7 Å². The average molecular weight is 325 g/mol. The molecule has 0 bridgehead atoms. The van der Waals surface area contributed by atoms with Gasteiger partial charge in [0.05, 0.1) is 0 Å². The highest BCUT2D eigenvalue weighted by atomic mass is 79.9. The summed E-state index contributed by atoms with van der Waals surface area (Å²) in [4.78, 5) is 11.9. The molecule has 98 valence electrons. The monoisotopic (exact) mass is 324 g/mol. The van der Waals surface area contributed by atoms with Crippen LogP contribution < -0.4 is 0 Å². The van der Waals surface area contributed by atoms with E-state index in [4.69, 9.17) is 0 Å². The second-order valence-electron chi connectivity index (χ2n) is 4.26. The lowest BCUT2D eigenvalue weighted by Crippen LogP contribution is -2.08. The first-order valence-corrected chi connectivity index (χ1v) is 6.54. The first-order valence-electron chi connectivity index (χ1n) is 5.74. The molecule has 0 aliphatic carbocycles. The highest BCUT2D eigenvalue weighted by molar-refractivity contribution is 9.10. The van der Waals surface area contributed by atoms with Gasteiger partial charge in [-0.05, 0) is 41.5 Å². The van der Waals surface area contributed by atoms with Crippen LogP contribution >= 0.6 is 15.9 Å². The molecule has 0 atom stereocenters. The lowest BCUT2D eigenvalue weighted by molar-refractivity contribution is -0.117. The number of rotatable bonds is 4. The van der Waals surface area contributed by atoms with E-state index in [1.807, 2.05) is 24.3 Å². The van der Waals surface area contributed by atoms with Crippen molar-refractivity contribution in [2.45, 2.75) is 12.8 Å². The molecule has 0 N–H and O–H groups in total. The maximum atomic E-state index is 13.4. The molecule has 0 aliphatic heterocycles. The van der Waals surface area contributed by atoms with Gasteiger partial charge in [0, 0.05) is 17.3 Å². The van der Waals surface area contributed by atoms with Crippen LogP contribution in [0.2, 0.25) is 0 Å². The highest BCUT2D eigenvalue weighted by Gasteiger charge is 2.10. The maximum Gasteiger partial charge on any atom is 0.141 e. The number of Topliss-reactive ketones (excluding diaryl/α,β-unsaturated/α-hetero) is 1. The summed E-state index contributed by atoms with van der Waals surface area (Å²) in [7, 11) is 0. The van der Waals surface area contributed by atoms with Crippen LogP contribution in [-0.4, -0.2) is 5.78 Å². The van der Waals surface area contributed by atoms with Gasteiger partial charge >= 0.3 is 0 Å². The molecule has 2 aromatic carbocycles. The van der Waals surface area contributed by atoms with Crippen molar-refractivity contribution in [2.75, 3.05) is 0 Å². The summed E-state index contributed by atoms with van der Waals surface area (Å²) in [6.07, 6.45) is 0.103. The minimum atomic E-state index is -0.552. The summed E-state index contributed by atoms with van der Waals surface area (Å²) in [6, 6.07) is 10.5. The van der Waals surface area contributed by atoms with Gasteiger partial charge < -0.3 is 0 Å². The minimum absolute atomic E-state index is 0.0972. The van der Waals surface area contributed by atoms with Crippen LogP contribution in [0.25, 0.3) is 0 Å². The standard InChI is InChI=1S/C15H11BrF2O/c16-12-3-1-2-10(6-12)7-14(19)9-11-8-13(17)4-5-15(11)18/h1-6,8H,7,9H2. The Kier molecular flexibility index (Phi) is 4.43. The van der Waals surface area contributed by atoms with Crippen molar-refractivity contribution in [1.29, 1.82) is 0 Å². The quantitative estimate of drug-likeness (QED) is 0.828. The molecule has 19 heavy (non-hydrogen) atoms. The molecule has 0 aliphatic rings. The first kappa shape index (κ1) is 13.9.